The highest BCUT2D eigenvalue weighted by Gasteiger charge is 2.15. The van der Waals surface area contributed by atoms with Crippen LogP contribution in [0.5, 0.6) is 0 Å². The summed E-state index contributed by atoms with van der Waals surface area (Å²) in [4.78, 5) is 4.33. The Morgan fingerprint density at radius 2 is 2.07 bits per heavy atom. The summed E-state index contributed by atoms with van der Waals surface area (Å²) >= 11 is 0. The van der Waals surface area contributed by atoms with Crippen molar-refractivity contribution in [3.8, 4) is 0 Å². The summed E-state index contributed by atoms with van der Waals surface area (Å²) in [5.74, 6) is 2.54. The van der Waals surface area contributed by atoms with Gasteiger partial charge in [0.2, 0.25) is 0 Å². The maximum Gasteiger partial charge on any atom is 0.151 e. The van der Waals surface area contributed by atoms with Crippen LogP contribution in [0.1, 0.15) is 43.8 Å². The fourth-order valence-corrected chi connectivity index (χ4v) is 2.17. The SMILES string of the molecule is NCc1nc(CC2CCCCC2)n[nH]1. The molecule has 0 atom stereocenters. The van der Waals surface area contributed by atoms with E-state index < -0.39 is 0 Å². The summed E-state index contributed by atoms with van der Waals surface area (Å²) in [6.45, 7) is 0.456. The van der Waals surface area contributed by atoms with Crippen LogP contribution in [0.15, 0.2) is 0 Å². The van der Waals surface area contributed by atoms with Crippen molar-refractivity contribution in [3.63, 3.8) is 0 Å². The molecule has 1 aliphatic carbocycles. The predicted octanol–water partition coefficient (Wildman–Crippen LogP) is 1.39. The van der Waals surface area contributed by atoms with Crippen LogP contribution in [0.2, 0.25) is 0 Å². The second-order valence-electron chi connectivity index (χ2n) is 4.11. The Balaban J connectivity index is 1.89. The molecule has 1 aliphatic rings. The molecule has 1 aromatic heterocycles. The van der Waals surface area contributed by atoms with Crippen molar-refractivity contribution in [1.29, 1.82) is 0 Å². The van der Waals surface area contributed by atoms with Crippen molar-refractivity contribution in [2.45, 2.75) is 45.1 Å². The molecule has 0 bridgehead atoms. The van der Waals surface area contributed by atoms with Crippen LogP contribution in [-0.4, -0.2) is 15.2 Å². The number of nitrogens with zero attached hydrogens (tertiary/aromatic N) is 2. The van der Waals surface area contributed by atoms with E-state index in [4.69, 9.17) is 5.73 Å². The van der Waals surface area contributed by atoms with E-state index in [0.29, 0.717) is 6.54 Å². The predicted molar refractivity (Wildman–Crippen MR) is 54.6 cm³/mol. The van der Waals surface area contributed by atoms with Crippen LogP contribution >= 0.6 is 0 Å². The summed E-state index contributed by atoms with van der Waals surface area (Å²) in [7, 11) is 0. The molecule has 0 aromatic carbocycles. The third kappa shape index (κ3) is 2.32. The number of hydrogen-bond donors (Lipinski definition) is 2. The zero-order chi connectivity index (χ0) is 9.80. The Kier molecular flexibility index (Phi) is 3.14. The summed E-state index contributed by atoms with van der Waals surface area (Å²) in [5, 5.41) is 7.02. The monoisotopic (exact) mass is 194 g/mol. The summed E-state index contributed by atoms with van der Waals surface area (Å²) in [6.07, 6.45) is 7.85. The maximum atomic E-state index is 5.46. The third-order valence-corrected chi connectivity index (χ3v) is 2.97. The summed E-state index contributed by atoms with van der Waals surface area (Å²) < 4.78 is 0. The minimum absolute atomic E-state index is 0.456. The minimum atomic E-state index is 0.456. The molecule has 4 nitrogen and oxygen atoms in total. The number of H-pyrrole nitrogens is 1. The summed E-state index contributed by atoms with van der Waals surface area (Å²) in [5.41, 5.74) is 5.46. The van der Waals surface area contributed by atoms with Gasteiger partial charge in [0.1, 0.15) is 5.82 Å². The van der Waals surface area contributed by atoms with Crippen molar-refractivity contribution in [2.75, 3.05) is 0 Å². The van der Waals surface area contributed by atoms with E-state index in [0.717, 1.165) is 24.0 Å². The molecular formula is C10H18N4. The van der Waals surface area contributed by atoms with E-state index in [1.807, 2.05) is 0 Å². The molecule has 14 heavy (non-hydrogen) atoms. The molecule has 0 saturated heterocycles. The van der Waals surface area contributed by atoms with Crippen molar-refractivity contribution < 1.29 is 0 Å². The van der Waals surface area contributed by atoms with E-state index in [9.17, 15) is 0 Å². The Morgan fingerprint density at radius 3 is 2.71 bits per heavy atom. The zero-order valence-corrected chi connectivity index (χ0v) is 8.50. The molecule has 1 fully saturated rings. The first-order valence-corrected chi connectivity index (χ1v) is 5.48. The first-order chi connectivity index (χ1) is 6.88. The fourth-order valence-electron chi connectivity index (χ4n) is 2.17. The first kappa shape index (κ1) is 9.65. The van der Waals surface area contributed by atoms with Crippen molar-refractivity contribution in [2.24, 2.45) is 11.7 Å². The molecule has 1 heterocycles. The number of aromatic nitrogens is 3. The van der Waals surface area contributed by atoms with Crippen LogP contribution in [-0.2, 0) is 13.0 Å². The zero-order valence-electron chi connectivity index (χ0n) is 8.50. The van der Waals surface area contributed by atoms with Crippen molar-refractivity contribution in [1.82, 2.24) is 15.2 Å². The van der Waals surface area contributed by atoms with Crippen LogP contribution in [0, 0.1) is 5.92 Å². The topological polar surface area (TPSA) is 67.6 Å². The lowest BCUT2D eigenvalue weighted by Crippen LogP contribution is -2.10. The molecule has 3 N–H and O–H groups in total. The van der Waals surface area contributed by atoms with Crippen LogP contribution < -0.4 is 5.73 Å². The van der Waals surface area contributed by atoms with Crippen LogP contribution in [0.25, 0.3) is 0 Å². The van der Waals surface area contributed by atoms with Gasteiger partial charge < -0.3 is 5.73 Å². The molecule has 0 unspecified atom stereocenters. The van der Waals surface area contributed by atoms with Crippen molar-refractivity contribution >= 4 is 0 Å². The molecule has 78 valence electrons. The average Bonchev–Trinajstić information content (AvgIpc) is 2.67. The highest BCUT2D eigenvalue weighted by molar-refractivity contribution is 4.91. The number of hydrogen-bond acceptors (Lipinski definition) is 3. The largest absolute Gasteiger partial charge is 0.324 e. The smallest absolute Gasteiger partial charge is 0.151 e. The van der Waals surface area contributed by atoms with Gasteiger partial charge in [-0.1, -0.05) is 32.1 Å². The second kappa shape index (κ2) is 4.55. The highest BCUT2D eigenvalue weighted by atomic mass is 15.2. The molecule has 0 radical (unpaired) electrons. The molecule has 4 heteroatoms. The van der Waals surface area contributed by atoms with Gasteiger partial charge in [-0.3, -0.25) is 5.10 Å². The lowest BCUT2D eigenvalue weighted by molar-refractivity contribution is 0.352. The lowest BCUT2D eigenvalue weighted by Gasteiger charge is -2.19. The normalized spacial score (nSPS) is 18.6. The number of aromatic amines is 1. The Morgan fingerprint density at radius 1 is 1.29 bits per heavy atom. The molecule has 0 spiro atoms. The molecule has 0 amide bonds. The van der Waals surface area contributed by atoms with Gasteiger partial charge in [0, 0.05) is 6.42 Å². The highest BCUT2D eigenvalue weighted by Crippen LogP contribution is 2.25. The van der Waals surface area contributed by atoms with Gasteiger partial charge in [-0.25, -0.2) is 4.98 Å². The van der Waals surface area contributed by atoms with Gasteiger partial charge >= 0.3 is 0 Å². The Hall–Kier alpha value is -0.900. The first-order valence-electron chi connectivity index (χ1n) is 5.48. The van der Waals surface area contributed by atoms with Gasteiger partial charge in [0.05, 0.1) is 6.54 Å². The summed E-state index contributed by atoms with van der Waals surface area (Å²) in [6, 6.07) is 0. The average molecular weight is 194 g/mol. The van der Waals surface area contributed by atoms with Gasteiger partial charge in [-0.05, 0) is 5.92 Å². The van der Waals surface area contributed by atoms with E-state index in [1.54, 1.807) is 0 Å². The Labute approximate surface area is 84.3 Å². The molecular weight excluding hydrogens is 176 g/mol. The number of nitrogens with one attached hydrogen (secondary N) is 1. The van der Waals surface area contributed by atoms with E-state index in [-0.39, 0.29) is 0 Å². The van der Waals surface area contributed by atoms with Gasteiger partial charge in [0.25, 0.3) is 0 Å². The quantitative estimate of drug-likeness (QED) is 0.764. The molecule has 1 aromatic rings. The fraction of sp³-hybridized carbons (Fsp3) is 0.800. The molecule has 2 rings (SSSR count). The minimum Gasteiger partial charge on any atom is -0.324 e. The van der Waals surface area contributed by atoms with Crippen LogP contribution in [0.3, 0.4) is 0 Å². The van der Waals surface area contributed by atoms with Gasteiger partial charge in [-0.15, -0.1) is 0 Å². The number of nitrogens with two attached hydrogens (primary N) is 1. The molecule has 0 aliphatic heterocycles. The van der Waals surface area contributed by atoms with Crippen LogP contribution in [0.4, 0.5) is 0 Å². The standard InChI is InChI=1S/C10H18N4/c11-7-10-12-9(13-14-10)6-8-4-2-1-3-5-8/h8H,1-7,11H2,(H,12,13,14). The van der Waals surface area contributed by atoms with Gasteiger partial charge in [-0.2, -0.15) is 5.10 Å². The Bertz CT molecular complexity index is 275. The molecule has 1 saturated carbocycles. The lowest BCUT2D eigenvalue weighted by atomic mass is 9.87. The maximum absolute atomic E-state index is 5.46. The van der Waals surface area contributed by atoms with E-state index in [2.05, 4.69) is 15.2 Å². The third-order valence-electron chi connectivity index (χ3n) is 2.97. The van der Waals surface area contributed by atoms with Gasteiger partial charge in [0.15, 0.2) is 5.82 Å². The number of rotatable bonds is 3. The van der Waals surface area contributed by atoms with Crippen molar-refractivity contribution in [3.05, 3.63) is 11.6 Å². The van der Waals surface area contributed by atoms with E-state index in [1.165, 1.54) is 32.1 Å². The second-order valence-corrected chi connectivity index (χ2v) is 4.11. The van der Waals surface area contributed by atoms with E-state index >= 15 is 0 Å².